The second-order valence-electron chi connectivity index (χ2n) is 6.82. The average molecular weight is 383 g/mol. The van der Waals surface area contributed by atoms with Crippen molar-refractivity contribution in [2.45, 2.75) is 6.92 Å². The van der Waals surface area contributed by atoms with Crippen LogP contribution in [0.2, 0.25) is 0 Å². The molecular weight excluding hydrogens is 366 g/mol. The Balaban J connectivity index is 1.80. The second-order valence-corrected chi connectivity index (χ2v) is 6.82. The van der Waals surface area contributed by atoms with Crippen molar-refractivity contribution < 1.29 is 9.52 Å². The Morgan fingerprint density at radius 3 is 2.62 bits per heavy atom. The molecule has 3 aromatic heterocycles. The van der Waals surface area contributed by atoms with E-state index in [1.807, 2.05) is 60.8 Å². The minimum absolute atomic E-state index is 0.0763. The lowest BCUT2D eigenvalue weighted by molar-refractivity contribution is 0.429. The zero-order chi connectivity index (χ0) is 20.0. The molecule has 0 aliphatic carbocycles. The molecule has 0 amide bonds. The maximum Gasteiger partial charge on any atom is 0.227 e. The number of aromatic hydroxyl groups is 1. The molecule has 142 valence electrons. The number of aryl methyl sites for hydroxylation is 1. The summed E-state index contributed by atoms with van der Waals surface area (Å²) in [4.78, 5) is 23.4. The van der Waals surface area contributed by atoms with E-state index in [4.69, 9.17) is 9.40 Å². The molecule has 5 rings (SSSR count). The summed E-state index contributed by atoms with van der Waals surface area (Å²) in [7, 11) is 0. The summed E-state index contributed by atoms with van der Waals surface area (Å²) >= 11 is 0. The van der Waals surface area contributed by atoms with Crippen LogP contribution in [0.5, 0.6) is 5.75 Å². The van der Waals surface area contributed by atoms with Crippen molar-refractivity contribution in [1.82, 2.24) is 15.0 Å². The number of hydrogen-bond acceptors (Lipinski definition) is 4. The van der Waals surface area contributed by atoms with Gasteiger partial charge in [-0.15, -0.1) is 0 Å². The summed E-state index contributed by atoms with van der Waals surface area (Å²) in [6.07, 6.45) is 1.88. The number of imidazole rings is 1. The van der Waals surface area contributed by atoms with Gasteiger partial charge in [0.15, 0.2) is 5.76 Å². The van der Waals surface area contributed by atoms with Gasteiger partial charge in [-0.25, -0.2) is 4.98 Å². The van der Waals surface area contributed by atoms with Crippen LogP contribution in [0.25, 0.3) is 45.0 Å². The van der Waals surface area contributed by atoms with Gasteiger partial charge >= 0.3 is 0 Å². The van der Waals surface area contributed by atoms with Gasteiger partial charge in [-0.2, -0.15) is 0 Å². The predicted octanol–water partition coefficient (Wildman–Crippen LogP) is 4.86. The molecular formula is C23H17N3O3. The van der Waals surface area contributed by atoms with Crippen molar-refractivity contribution in [2.24, 2.45) is 0 Å². The fraction of sp³-hybridized carbons (Fsp3) is 0.0435. The van der Waals surface area contributed by atoms with Gasteiger partial charge in [0, 0.05) is 34.3 Å². The first-order valence-electron chi connectivity index (χ1n) is 9.18. The summed E-state index contributed by atoms with van der Waals surface area (Å²) in [6.45, 7) is 1.67. The number of benzene rings is 2. The van der Waals surface area contributed by atoms with Crippen LogP contribution in [0.1, 0.15) is 5.76 Å². The monoisotopic (exact) mass is 383 g/mol. The fourth-order valence-corrected chi connectivity index (χ4v) is 3.51. The smallest absolute Gasteiger partial charge is 0.227 e. The first-order chi connectivity index (χ1) is 14.1. The van der Waals surface area contributed by atoms with E-state index in [2.05, 4.69) is 9.97 Å². The molecule has 0 atom stereocenters. The third-order valence-corrected chi connectivity index (χ3v) is 4.87. The number of aromatic nitrogens is 3. The lowest BCUT2D eigenvalue weighted by Gasteiger charge is -2.05. The van der Waals surface area contributed by atoms with Gasteiger partial charge in [0.05, 0.1) is 0 Å². The molecule has 2 aromatic carbocycles. The number of fused-ring (bicyclic) bond motifs is 1. The first kappa shape index (κ1) is 17.1. The van der Waals surface area contributed by atoms with Gasteiger partial charge in [-0.3, -0.25) is 4.79 Å². The summed E-state index contributed by atoms with van der Waals surface area (Å²) in [6, 6.07) is 18.8. The van der Waals surface area contributed by atoms with Crippen molar-refractivity contribution in [1.29, 1.82) is 0 Å². The van der Waals surface area contributed by atoms with E-state index >= 15 is 0 Å². The van der Waals surface area contributed by atoms with Gasteiger partial charge < -0.3 is 19.5 Å². The van der Waals surface area contributed by atoms with E-state index in [9.17, 15) is 9.90 Å². The molecule has 0 spiro atoms. The maximum atomic E-state index is 12.1. The normalized spacial score (nSPS) is 11.2. The van der Waals surface area contributed by atoms with E-state index in [0.717, 1.165) is 22.0 Å². The fourth-order valence-electron chi connectivity index (χ4n) is 3.51. The summed E-state index contributed by atoms with van der Waals surface area (Å²) in [5.41, 5.74) is 3.27. The molecule has 6 heteroatoms. The standard InChI is InChI=1S/C23H17N3O3/c1-13-11-18(27)21(28)22(29-13)20-19(14-7-3-2-4-8-14)25-23(26-20)16-12-24-17-10-6-5-9-15(16)17/h2-12,24,28H,1H3,(H,25,26). The number of nitrogens with one attached hydrogen (secondary N) is 2. The molecule has 0 saturated carbocycles. The predicted molar refractivity (Wildman–Crippen MR) is 112 cm³/mol. The van der Waals surface area contributed by atoms with Crippen molar-refractivity contribution in [3.63, 3.8) is 0 Å². The zero-order valence-electron chi connectivity index (χ0n) is 15.6. The number of nitrogens with zero attached hydrogens (tertiary/aromatic N) is 1. The topological polar surface area (TPSA) is 94.9 Å². The van der Waals surface area contributed by atoms with Crippen molar-refractivity contribution in [2.75, 3.05) is 0 Å². The molecule has 29 heavy (non-hydrogen) atoms. The highest BCUT2D eigenvalue weighted by Crippen LogP contribution is 2.37. The van der Waals surface area contributed by atoms with Crippen LogP contribution < -0.4 is 5.43 Å². The Morgan fingerprint density at radius 1 is 1.03 bits per heavy atom. The van der Waals surface area contributed by atoms with E-state index in [0.29, 0.717) is 23.0 Å². The van der Waals surface area contributed by atoms with Crippen LogP contribution in [0.3, 0.4) is 0 Å². The molecule has 0 aliphatic rings. The number of para-hydroxylation sites is 1. The lowest BCUT2D eigenvalue weighted by Crippen LogP contribution is -2.01. The molecule has 0 saturated heterocycles. The van der Waals surface area contributed by atoms with Crippen molar-refractivity contribution in [3.05, 3.63) is 82.8 Å². The highest BCUT2D eigenvalue weighted by atomic mass is 16.4. The Hall–Kier alpha value is -4.06. The summed E-state index contributed by atoms with van der Waals surface area (Å²) in [5, 5.41) is 11.4. The number of rotatable bonds is 3. The van der Waals surface area contributed by atoms with Crippen LogP contribution in [0.4, 0.5) is 0 Å². The van der Waals surface area contributed by atoms with Gasteiger partial charge in [0.1, 0.15) is 23.0 Å². The number of aromatic amines is 2. The molecule has 6 nitrogen and oxygen atoms in total. The minimum Gasteiger partial charge on any atom is -0.501 e. The highest BCUT2D eigenvalue weighted by molar-refractivity contribution is 5.95. The maximum absolute atomic E-state index is 12.1. The quantitative estimate of drug-likeness (QED) is 0.415. The molecule has 0 fully saturated rings. The van der Waals surface area contributed by atoms with Gasteiger partial charge in [-0.05, 0) is 13.0 Å². The SMILES string of the molecule is Cc1cc(=O)c(O)c(-c2[nH]c(-c3c[nH]c4ccccc34)nc2-c2ccccc2)o1. The van der Waals surface area contributed by atoms with Gasteiger partial charge in [0.2, 0.25) is 11.2 Å². The lowest BCUT2D eigenvalue weighted by atomic mass is 10.1. The first-order valence-corrected chi connectivity index (χ1v) is 9.18. The van der Waals surface area contributed by atoms with Gasteiger partial charge in [-0.1, -0.05) is 48.5 Å². The molecule has 0 unspecified atom stereocenters. The van der Waals surface area contributed by atoms with Crippen molar-refractivity contribution >= 4 is 10.9 Å². The molecule has 0 bridgehead atoms. The Kier molecular flexibility index (Phi) is 3.84. The highest BCUT2D eigenvalue weighted by Gasteiger charge is 2.22. The molecule has 5 aromatic rings. The number of hydrogen-bond donors (Lipinski definition) is 3. The van der Waals surface area contributed by atoms with Crippen LogP contribution in [0, 0.1) is 6.92 Å². The zero-order valence-corrected chi connectivity index (χ0v) is 15.6. The van der Waals surface area contributed by atoms with Crippen LogP contribution >= 0.6 is 0 Å². The minimum atomic E-state index is -0.494. The second kappa shape index (κ2) is 6.53. The van der Waals surface area contributed by atoms with Crippen molar-refractivity contribution in [3.8, 4) is 39.8 Å². The average Bonchev–Trinajstić information content (AvgIpc) is 3.35. The van der Waals surface area contributed by atoms with Crippen LogP contribution in [0.15, 0.2) is 76.1 Å². The molecule has 0 aliphatic heterocycles. The Labute approximate surface area is 165 Å². The molecule has 0 radical (unpaired) electrons. The molecule has 3 heterocycles. The Morgan fingerprint density at radius 2 is 1.79 bits per heavy atom. The van der Waals surface area contributed by atoms with E-state index in [-0.39, 0.29) is 5.76 Å². The van der Waals surface area contributed by atoms with Crippen LogP contribution in [-0.2, 0) is 0 Å². The Bertz CT molecular complexity index is 1390. The third-order valence-electron chi connectivity index (χ3n) is 4.87. The van der Waals surface area contributed by atoms with Gasteiger partial charge in [0.25, 0.3) is 0 Å². The third kappa shape index (κ3) is 2.82. The summed E-state index contributed by atoms with van der Waals surface area (Å²) < 4.78 is 5.73. The van der Waals surface area contributed by atoms with E-state index < -0.39 is 11.2 Å². The van der Waals surface area contributed by atoms with E-state index in [1.54, 1.807) is 6.92 Å². The van der Waals surface area contributed by atoms with Crippen LogP contribution in [-0.4, -0.2) is 20.1 Å². The summed E-state index contributed by atoms with van der Waals surface area (Å²) in [5.74, 6) is 0.652. The largest absolute Gasteiger partial charge is 0.501 e. The van der Waals surface area contributed by atoms with E-state index in [1.165, 1.54) is 6.07 Å². The number of H-pyrrole nitrogens is 2. The molecule has 3 N–H and O–H groups in total.